The topological polar surface area (TPSA) is 205 Å². The van der Waals surface area contributed by atoms with Crippen LogP contribution in [-0.2, 0) is 47.7 Å². The molecule has 0 aromatic heterocycles. The fraction of sp³-hybridized carbons (Fsp3) is 0.615. The molecule has 0 N–H and O–H groups in total. The highest BCUT2D eigenvalue weighted by Crippen LogP contribution is 2.59. The highest BCUT2D eigenvalue weighted by atomic mass is 32.2. The molecule has 1 aromatic carbocycles. The number of nitriles is 2. The second-order valence-corrected chi connectivity index (χ2v) is 20.9. The number of rotatable bonds is 21. The van der Waals surface area contributed by atoms with E-state index in [1.165, 1.54) is 29.6 Å². The Morgan fingerprint density at radius 2 is 0.912 bits per heavy atom. The van der Waals surface area contributed by atoms with Gasteiger partial charge in [0.2, 0.25) is 0 Å². The van der Waals surface area contributed by atoms with Crippen molar-refractivity contribution in [2.75, 3.05) is 33.0 Å². The molecule has 14 nitrogen and oxygen atoms in total. The zero-order valence-corrected chi connectivity index (χ0v) is 40.6. The van der Waals surface area contributed by atoms with E-state index in [9.17, 15) is 39.3 Å². The number of ketones is 1. The van der Waals surface area contributed by atoms with Crippen LogP contribution in [0.4, 0.5) is 0 Å². The van der Waals surface area contributed by atoms with Crippen molar-refractivity contribution in [2.45, 2.75) is 132 Å². The van der Waals surface area contributed by atoms with Gasteiger partial charge in [0.1, 0.15) is 35.8 Å². The Bertz CT molecular complexity index is 1970. The third-order valence-corrected chi connectivity index (χ3v) is 17.0. The first kappa shape index (κ1) is 52.5. The number of thioether (sulfide) groups is 2. The Kier molecular flexibility index (Phi) is 20.6. The molecule has 0 bridgehead atoms. The van der Waals surface area contributed by atoms with Gasteiger partial charge in [0, 0.05) is 12.5 Å². The molecule has 4 fully saturated rings. The molecule has 366 valence electrons. The minimum Gasteiger partial charge on any atom is -0.465 e. The van der Waals surface area contributed by atoms with Crippen molar-refractivity contribution < 1.29 is 57.2 Å². The van der Waals surface area contributed by atoms with Gasteiger partial charge in [-0.3, -0.25) is 24.0 Å². The summed E-state index contributed by atoms with van der Waals surface area (Å²) in [6, 6.07) is 7.18. The zero-order valence-electron chi connectivity index (χ0n) is 38.9. The molecule has 1 aliphatic heterocycles. The van der Waals surface area contributed by atoms with E-state index in [-0.39, 0.29) is 78.7 Å². The van der Waals surface area contributed by atoms with Crippen LogP contribution in [0.25, 0.3) is 0 Å². The molecule has 0 spiro atoms. The minimum atomic E-state index is -0.461. The number of nitrogens with zero attached hydrogens (tertiary/aromatic N) is 2. The van der Waals surface area contributed by atoms with E-state index in [0.717, 1.165) is 83.1 Å². The summed E-state index contributed by atoms with van der Waals surface area (Å²) in [5.74, 6) is 0.143. The molecular weight excluding hydrogens is 909 g/mol. The molecule has 1 aromatic rings. The van der Waals surface area contributed by atoms with Gasteiger partial charge >= 0.3 is 29.8 Å². The Hall–Kier alpha value is -4.90. The number of carbonyl (C=O) groups is 6. The van der Waals surface area contributed by atoms with Crippen LogP contribution in [0.1, 0.15) is 122 Å². The largest absolute Gasteiger partial charge is 0.465 e. The summed E-state index contributed by atoms with van der Waals surface area (Å²) in [5.41, 5.74) is -0.0693. The summed E-state index contributed by atoms with van der Waals surface area (Å²) in [4.78, 5) is 76.2. The third-order valence-electron chi connectivity index (χ3n) is 14.4. The number of hydrogen-bond acceptors (Lipinski definition) is 16. The van der Waals surface area contributed by atoms with Gasteiger partial charge in [0.15, 0.2) is 5.78 Å². The number of carbonyl (C=O) groups excluding carboxylic acids is 6. The maximum atomic E-state index is 13.7. The smallest absolute Gasteiger partial charge is 0.330 e. The summed E-state index contributed by atoms with van der Waals surface area (Å²) in [7, 11) is 0. The lowest BCUT2D eigenvalue weighted by atomic mass is 9.69. The summed E-state index contributed by atoms with van der Waals surface area (Å²) in [6.45, 7) is 7.93. The first-order valence-electron chi connectivity index (χ1n) is 24.4. The number of benzene rings is 1. The molecule has 0 saturated heterocycles. The number of esters is 5. The molecule has 0 amide bonds. The maximum Gasteiger partial charge on any atom is 0.330 e. The van der Waals surface area contributed by atoms with Gasteiger partial charge in [-0.1, -0.05) is 36.7 Å². The fourth-order valence-corrected chi connectivity index (χ4v) is 12.9. The van der Waals surface area contributed by atoms with E-state index in [2.05, 4.69) is 13.2 Å². The summed E-state index contributed by atoms with van der Waals surface area (Å²) in [5, 5.41) is 19.4. The molecule has 0 atom stereocenters. The second kappa shape index (κ2) is 26.7. The van der Waals surface area contributed by atoms with E-state index in [1.807, 2.05) is 12.1 Å². The second-order valence-electron chi connectivity index (χ2n) is 18.6. The quantitative estimate of drug-likeness (QED) is 0.0281. The molecule has 5 aliphatic rings. The van der Waals surface area contributed by atoms with Crippen molar-refractivity contribution in [2.24, 2.45) is 47.3 Å². The molecule has 6 rings (SSSR count). The molecule has 1 heterocycles. The SMILES string of the molecule is C=CC(=O)COCCCOC(=O)C1CCC(C2CCC(C(=O)Oc3ccc(OC(=O)C4CCC(C5CCC(C(=O)OCCCCOC(=O)C=C)CC5)CC4)c4c3SC(=C(C#N)C#N)S4)CC2)CC1. The van der Waals surface area contributed by atoms with Crippen molar-refractivity contribution in [1.82, 2.24) is 0 Å². The highest BCUT2D eigenvalue weighted by molar-refractivity contribution is 8.24. The van der Waals surface area contributed by atoms with Crippen LogP contribution in [0.15, 0.2) is 57.0 Å². The third kappa shape index (κ3) is 14.8. The molecule has 0 unspecified atom stereocenters. The molecule has 4 aliphatic carbocycles. The lowest BCUT2D eigenvalue weighted by Crippen LogP contribution is -2.32. The number of unbranched alkanes of at least 4 members (excludes halogenated alkanes) is 1. The van der Waals surface area contributed by atoms with Crippen molar-refractivity contribution in [3.05, 3.63) is 47.3 Å². The van der Waals surface area contributed by atoms with Gasteiger partial charge < -0.3 is 28.4 Å². The zero-order chi connectivity index (χ0) is 48.4. The normalized spacial score (nSPS) is 25.5. The van der Waals surface area contributed by atoms with Gasteiger partial charge in [-0.15, -0.1) is 0 Å². The first-order chi connectivity index (χ1) is 33.0. The Labute approximate surface area is 408 Å². The molecule has 68 heavy (non-hydrogen) atoms. The van der Waals surface area contributed by atoms with Crippen LogP contribution < -0.4 is 9.47 Å². The predicted octanol–water partition coefficient (Wildman–Crippen LogP) is 9.94. The van der Waals surface area contributed by atoms with Crippen LogP contribution in [-0.4, -0.2) is 68.7 Å². The first-order valence-corrected chi connectivity index (χ1v) is 26.0. The van der Waals surface area contributed by atoms with Crippen molar-refractivity contribution in [1.29, 1.82) is 10.5 Å². The number of hydrogen-bond donors (Lipinski definition) is 0. The maximum absolute atomic E-state index is 13.7. The number of ether oxygens (including phenoxy) is 6. The summed E-state index contributed by atoms with van der Waals surface area (Å²) < 4.78 is 33.8. The van der Waals surface area contributed by atoms with E-state index < -0.39 is 5.97 Å². The van der Waals surface area contributed by atoms with Gasteiger partial charge in [0.05, 0.1) is 64.1 Å². The van der Waals surface area contributed by atoms with Crippen molar-refractivity contribution in [3.8, 4) is 23.6 Å². The van der Waals surface area contributed by atoms with Crippen LogP contribution in [0.5, 0.6) is 11.5 Å². The summed E-state index contributed by atoms with van der Waals surface area (Å²) in [6.07, 6.45) is 17.4. The van der Waals surface area contributed by atoms with E-state index >= 15 is 0 Å². The van der Waals surface area contributed by atoms with Gasteiger partial charge in [0.25, 0.3) is 0 Å². The van der Waals surface area contributed by atoms with Crippen LogP contribution in [0.3, 0.4) is 0 Å². The molecule has 0 radical (unpaired) electrons. The lowest BCUT2D eigenvalue weighted by molar-refractivity contribution is -0.151. The van der Waals surface area contributed by atoms with E-state index in [4.69, 9.17) is 28.4 Å². The minimum absolute atomic E-state index is 0.0201. The van der Waals surface area contributed by atoms with Gasteiger partial charge in [-0.2, -0.15) is 10.5 Å². The monoisotopic (exact) mass is 972 g/mol. The fourth-order valence-electron chi connectivity index (χ4n) is 10.4. The molecule has 4 saturated carbocycles. The molecule has 16 heteroatoms. The summed E-state index contributed by atoms with van der Waals surface area (Å²) >= 11 is 2.34. The average Bonchev–Trinajstić information content (AvgIpc) is 3.83. The number of allylic oxidation sites excluding steroid dienone is 1. The van der Waals surface area contributed by atoms with Crippen LogP contribution >= 0.6 is 23.5 Å². The van der Waals surface area contributed by atoms with Crippen LogP contribution in [0, 0.1) is 70.0 Å². The van der Waals surface area contributed by atoms with E-state index in [1.54, 1.807) is 12.1 Å². The Morgan fingerprint density at radius 1 is 0.529 bits per heavy atom. The Morgan fingerprint density at radius 3 is 1.29 bits per heavy atom. The predicted molar refractivity (Wildman–Crippen MR) is 252 cm³/mol. The lowest BCUT2D eigenvalue weighted by Gasteiger charge is -2.36. The average molecular weight is 973 g/mol. The van der Waals surface area contributed by atoms with Crippen molar-refractivity contribution >= 4 is 59.2 Å². The van der Waals surface area contributed by atoms with Gasteiger partial charge in [-0.05, 0) is 157 Å². The number of fused-ring (bicyclic) bond motifs is 1. The van der Waals surface area contributed by atoms with Crippen molar-refractivity contribution in [3.63, 3.8) is 0 Å². The molecular formula is C52H64N2O12S2. The standard InChI is InChI=1S/C52H64N2O12S2/c1-3-42(55)32-61-26-7-29-64-49(58)38-18-10-34(11-19-38)36-14-22-40(23-15-36)51(60)66-44-25-24-43(46-47(44)68-52(67-46)41(30-53)31-54)65-50(59)39-20-12-35(13-21-39)33-8-16-37(17-9-33)48(57)63-28-6-5-27-62-45(56)4-2/h3-4,24-25,33-40H,1-2,5-23,26-29,32H2. The van der Waals surface area contributed by atoms with Crippen LogP contribution in [0.2, 0.25) is 0 Å². The van der Waals surface area contributed by atoms with Gasteiger partial charge in [-0.25, -0.2) is 4.79 Å². The Balaban J connectivity index is 0.933. The van der Waals surface area contributed by atoms with E-state index in [0.29, 0.717) is 107 Å². The highest BCUT2D eigenvalue weighted by Gasteiger charge is 2.39.